The van der Waals surface area contributed by atoms with Gasteiger partial charge in [-0.25, -0.2) is 4.98 Å². The average Bonchev–Trinajstić information content (AvgIpc) is 3.03. The summed E-state index contributed by atoms with van der Waals surface area (Å²) in [6.45, 7) is 5.91. The second kappa shape index (κ2) is 7.39. The lowest BCUT2D eigenvalue weighted by Gasteiger charge is -2.25. The standard InChI is InChI=1S/C20H21N3O3/c1-13(2)23(19(24)11-10-15-9-8-14(3)26-15)12-18-21-17-7-5-4-6-16(17)20(25)22-18/h4-11,13H,12H2,1-3H3,(H,21,22,25)/b11-10+. The zero-order chi connectivity index (χ0) is 18.7. The van der Waals surface area contributed by atoms with Crippen LogP contribution in [0.1, 0.15) is 31.2 Å². The molecular formula is C20H21N3O3. The fourth-order valence-electron chi connectivity index (χ4n) is 2.68. The number of hydrogen-bond donors (Lipinski definition) is 1. The van der Waals surface area contributed by atoms with E-state index in [0.29, 0.717) is 22.5 Å². The highest BCUT2D eigenvalue weighted by Gasteiger charge is 2.17. The average molecular weight is 351 g/mol. The molecule has 0 radical (unpaired) electrons. The Labute approximate surface area is 151 Å². The van der Waals surface area contributed by atoms with Crippen LogP contribution in [0.4, 0.5) is 0 Å². The minimum absolute atomic E-state index is 0.0535. The topological polar surface area (TPSA) is 79.2 Å². The molecule has 0 saturated carbocycles. The smallest absolute Gasteiger partial charge is 0.258 e. The van der Waals surface area contributed by atoms with Gasteiger partial charge in [0.2, 0.25) is 5.91 Å². The first kappa shape index (κ1) is 17.7. The van der Waals surface area contributed by atoms with Crippen LogP contribution in [0, 0.1) is 6.92 Å². The van der Waals surface area contributed by atoms with Crippen molar-refractivity contribution < 1.29 is 9.21 Å². The van der Waals surface area contributed by atoms with E-state index in [1.807, 2.05) is 32.9 Å². The van der Waals surface area contributed by atoms with Crippen molar-refractivity contribution >= 4 is 22.9 Å². The van der Waals surface area contributed by atoms with Crippen molar-refractivity contribution in [2.45, 2.75) is 33.4 Å². The number of carbonyl (C=O) groups is 1. The second-order valence-electron chi connectivity index (χ2n) is 6.37. The highest BCUT2D eigenvalue weighted by atomic mass is 16.3. The molecule has 0 aliphatic rings. The van der Waals surface area contributed by atoms with E-state index in [0.717, 1.165) is 5.76 Å². The Balaban J connectivity index is 1.83. The summed E-state index contributed by atoms with van der Waals surface area (Å²) in [5.74, 6) is 1.69. The van der Waals surface area contributed by atoms with Gasteiger partial charge in [-0.3, -0.25) is 9.59 Å². The maximum absolute atomic E-state index is 12.6. The summed E-state index contributed by atoms with van der Waals surface area (Å²) >= 11 is 0. The third-order valence-corrected chi connectivity index (χ3v) is 4.04. The molecule has 2 aromatic heterocycles. The van der Waals surface area contributed by atoms with Crippen LogP contribution in [0.3, 0.4) is 0 Å². The molecule has 0 atom stereocenters. The van der Waals surface area contributed by atoms with Gasteiger partial charge in [0.05, 0.1) is 17.4 Å². The van der Waals surface area contributed by atoms with Gasteiger partial charge in [-0.1, -0.05) is 12.1 Å². The predicted octanol–water partition coefficient (Wildman–Crippen LogP) is 3.27. The van der Waals surface area contributed by atoms with Gasteiger partial charge in [0.15, 0.2) is 0 Å². The number of furan rings is 1. The zero-order valence-corrected chi connectivity index (χ0v) is 15.0. The van der Waals surface area contributed by atoms with E-state index in [2.05, 4.69) is 9.97 Å². The number of nitrogens with one attached hydrogen (secondary N) is 1. The van der Waals surface area contributed by atoms with Crippen LogP contribution in [-0.4, -0.2) is 26.8 Å². The van der Waals surface area contributed by atoms with Crippen molar-refractivity contribution in [2.75, 3.05) is 0 Å². The van der Waals surface area contributed by atoms with Gasteiger partial charge >= 0.3 is 0 Å². The molecular weight excluding hydrogens is 330 g/mol. The van der Waals surface area contributed by atoms with Crippen LogP contribution in [0.2, 0.25) is 0 Å². The minimum Gasteiger partial charge on any atom is -0.462 e. The van der Waals surface area contributed by atoms with Gasteiger partial charge in [0.1, 0.15) is 17.3 Å². The molecule has 0 bridgehead atoms. The molecule has 0 aliphatic carbocycles. The van der Waals surface area contributed by atoms with Crippen molar-refractivity contribution in [2.24, 2.45) is 0 Å². The highest BCUT2D eigenvalue weighted by Crippen LogP contribution is 2.12. The first-order chi connectivity index (χ1) is 12.4. The van der Waals surface area contributed by atoms with E-state index in [1.165, 1.54) is 6.08 Å². The molecule has 0 spiro atoms. The summed E-state index contributed by atoms with van der Waals surface area (Å²) in [5, 5.41) is 0.534. The fourth-order valence-corrected chi connectivity index (χ4v) is 2.68. The fraction of sp³-hybridized carbons (Fsp3) is 0.250. The van der Waals surface area contributed by atoms with Gasteiger partial charge < -0.3 is 14.3 Å². The lowest BCUT2D eigenvalue weighted by Crippen LogP contribution is -2.36. The number of aryl methyl sites for hydroxylation is 1. The molecule has 1 amide bonds. The molecule has 26 heavy (non-hydrogen) atoms. The molecule has 1 aromatic carbocycles. The number of amides is 1. The largest absolute Gasteiger partial charge is 0.462 e. The van der Waals surface area contributed by atoms with Crippen LogP contribution >= 0.6 is 0 Å². The molecule has 134 valence electrons. The van der Waals surface area contributed by atoms with E-state index < -0.39 is 0 Å². The normalized spacial score (nSPS) is 11.5. The summed E-state index contributed by atoms with van der Waals surface area (Å²) in [5.41, 5.74) is 0.410. The van der Waals surface area contributed by atoms with E-state index in [1.54, 1.807) is 35.2 Å². The molecule has 0 saturated heterocycles. The van der Waals surface area contributed by atoms with Crippen LogP contribution in [0.15, 0.2) is 51.7 Å². The first-order valence-electron chi connectivity index (χ1n) is 8.47. The number of aromatic nitrogens is 2. The Morgan fingerprint density at radius 2 is 2.04 bits per heavy atom. The zero-order valence-electron chi connectivity index (χ0n) is 15.0. The van der Waals surface area contributed by atoms with E-state index >= 15 is 0 Å². The van der Waals surface area contributed by atoms with Crippen LogP contribution in [-0.2, 0) is 11.3 Å². The van der Waals surface area contributed by atoms with Crippen molar-refractivity contribution in [3.63, 3.8) is 0 Å². The van der Waals surface area contributed by atoms with Gasteiger partial charge in [0, 0.05) is 12.1 Å². The molecule has 0 aliphatic heterocycles. The van der Waals surface area contributed by atoms with Crippen LogP contribution in [0.5, 0.6) is 0 Å². The minimum atomic E-state index is -0.205. The number of rotatable bonds is 5. The van der Waals surface area contributed by atoms with Gasteiger partial charge in [0.25, 0.3) is 5.56 Å². The van der Waals surface area contributed by atoms with Gasteiger partial charge in [-0.05, 0) is 51.1 Å². The van der Waals surface area contributed by atoms with Gasteiger partial charge in [-0.2, -0.15) is 0 Å². The Bertz CT molecular complexity index is 1010. The number of para-hydroxylation sites is 1. The van der Waals surface area contributed by atoms with Crippen molar-refractivity contribution in [3.8, 4) is 0 Å². The molecule has 6 heteroatoms. The van der Waals surface area contributed by atoms with Crippen molar-refractivity contribution in [3.05, 3.63) is 70.2 Å². The van der Waals surface area contributed by atoms with E-state index in [-0.39, 0.29) is 24.1 Å². The second-order valence-corrected chi connectivity index (χ2v) is 6.37. The third-order valence-electron chi connectivity index (χ3n) is 4.04. The summed E-state index contributed by atoms with van der Waals surface area (Å²) < 4.78 is 5.44. The Hall–Kier alpha value is -3.15. The first-order valence-corrected chi connectivity index (χ1v) is 8.47. The number of nitrogens with zero attached hydrogens (tertiary/aromatic N) is 2. The third kappa shape index (κ3) is 3.91. The quantitative estimate of drug-likeness (QED) is 0.716. The number of carbonyl (C=O) groups excluding carboxylic acids is 1. The summed E-state index contributed by atoms with van der Waals surface area (Å²) in [7, 11) is 0. The number of benzene rings is 1. The molecule has 6 nitrogen and oxygen atoms in total. The van der Waals surface area contributed by atoms with E-state index in [9.17, 15) is 9.59 Å². The Morgan fingerprint density at radius 1 is 1.27 bits per heavy atom. The molecule has 3 aromatic rings. The maximum atomic E-state index is 12.6. The maximum Gasteiger partial charge on any atom is 0.258 e. The lowest BCUT2D eigenvalue weighted by atomic mass is 10.2. The molecule has 0 unspecified atom stereocenters. The number of aromatic amines is 1. The number of hydrogen-bond acceptors (Lipinski definition) is 4. The van der Waals surface area contributed by atoms with Crippen LogP contribution in [0.25, 0.3) is 17.0 Å². The number of fused-ring (bicyclic) bond motifs is 1. The SMILES string of the molecule is Cc1ccc(/C=C/C(=O)N(Cc2nc3ccccc3c(=O)[nH]2)C(C)C)o1. The highest BCUT2D eigenvalue weighted by molar-refractivity contribution is 5.91. The monoisotopic (exact) mass is 351 g/mol. The predicted molar refractivity (Wildman–Crippen MR) is 101 cm³/mol. The Kier molecular flexibility index (Phi) is 5.02. The lowest BCUT2D eigenvalue weighted by molar-refractivity contribution is -0.128. The number of H-pyrrole nitrogens is 1. The summed E-state index contributed by atoms with van der Waals surface area (Å²) in [6.07, 6.45) is 3.11. The Morgan fingerprint density at radius 3 is 2.73 bits per heavy atom. The molecule has 2 heterocycles. The summed E-state index contributed by atoms with van der Waals surface area (Å²) in [6, 6.07) is 10.7. The molecule has 0 fully saturated rings. The molecule has 3 rings (SSSR count). The molecule has 1 N–H and O–H groups in total. The van der Waals surface area contributed by atoms with E-state index in [4.69, 9.17) is 4.42 Å². The van der Waals surface area contributed by atoms with Gasteiger partial charge in [-0.15, -0.1) is 0 Å². The van der Waals surface area contributed by atoms with Crippen molar-refractivity contribution in [1.29, 1.82) is 0 Å². The summed E-state index contributed by atoms with van der Waals surface area (Å²) in [4.78, 5) is 33.7. The van der Waals surface area contributed by atoms with Crippen LogP contribution < -0.4 is 5.56 Å². The van der Waals surface area contributed by atoms with Crippen molar-refractivity contribution in [1.82, 2.24) is 14.9 Å².